The molecule has 14 heavy (non-hydrogen) atoms. The van der Waals surface area contributed by atoms with E-state index in [-0.39, 0.29) is 11.2 Å². The molecule has 0 aromatic rings. The average molecular weight is 190 g/mol. The zero-order valence-corrected chi connectivity index (χ0v) is 8.54. The summed E-state index contributed by atoms with van der Waals surface area (Å²) in [6, 6.07) is 0. The van der Waals surface area contributed by atoms with Crippen molar-refractivity contribution in [3.05, 3.63) is 11.6 Å². The van der Waals surface area contributed by atoms with Crippen LogP contribution in [0.2, 0.25) is 0 Å². The van der Waals surface area contributed by atoms with Crippen LogP contribution in [0.15, 0.2) is 11.6 Å². The van der Waals surface area contributed by atoms with Crippen molar-refractivity contribution in [3.63, 3.8) is 0 Å². The number of rotatable bonds is 2. The number of allylic oxidation sites excluding steroid dienone is 2. The summed E-state index contributed by atoms with van der Waals surface area (Å²) in [5.74, 6) is 2.06. The Morgan fingerprint density at radius 1 is 1.79 bits per heavy atom. The quantitative estimate of drug-likeness (QED) is 0.377. The van der Waals surface area contributed by atoms with E-state index in [1.165, 1.54) is 6.08 Å². The van der Waals surface area contributed by atoms with Gasteiger partial charge in [0.2, 0.25) is 0 Å². The van der Waals surface area contributed by atoms with E-state index in [0.29, 0.717) is 12.7 Å². The van der Waals surface area contributed by atoms with Gasteiger partial charge in [0, 0.05) is 0 Å². The number of aldehydes is 1. The standard InChI is InChI=1S/C12H14O2/c1-4-12(5-2)7-10(8-13)11(14)6-9(12)3/h1,6,8,10H,5,7H2,2-3H3. The zero-order valence-electron chi connectivity index (χ0n) is 8.54. The van der Waals surface area contributed by atoms with Crippen molar-refractivity contribution in [1.82, 2.24) is 0 Å². The van der Waals surface area contributed by atoms with Crippen molar-refractivity contribution < 1.29 is 9.59 Å². The molecule has 0 heterocycles. The van der Waals surface area contributed by atoms with E-state index in [4.69, 9.17) is 6.42 Å². The van der Waals surface area contributed by atoms with Gasteiger partial charge in [-0.15, -0.1) is 6.42 Å². The molecule has 0 N–H and O–H groups in total. The number of ketones is 1. The molecule has 0 spiro atoms. The molecule has 74 valence electrons. The Kier molecular flexibility index (Phi) is 2.90. The molecule has 1 aliphatic rings. The first-order valence-corrected chi connectivity index (χ1v) is 4.75. The third-order valence-electron chi connectivity index (χ3n) is 3.09. The topological polar surface area (TPSA) is 34.1 Å². The lowest BCUT2D eigenvalue weighted by Crippen LogP contribution is -2.32. The van der Waals surface area contributed by atoms with Crippen LogP contribution in [0.3, 0.4) is 0 Å². The predicted molar refractivity (Wildman–Crippen MR) is 54.5 cm³/mol. The molecule has 0 amide bonds. The Labute approximate surface area is 84.4 Å². The average Bonchev–Trinajstić information content (AvgIpc) is 2.19. The van der Waals surface area contributed by atoms with Gasteiger partial charge in [0.25, 0.3) is 0 Å². The molecular weight excluding hydrogens is 176 g/mol. The Morgan fingerprint density at radius 3 is 2.86 bits per heavy atom. The van der Waals surface area contributed by atoms with Crippen LogP contribution in [0.25, 0.3) is 0 Å². The molecule has 0 radical (unpaired) electrons. The first kappa shape index (κ1) is 10.7. The highest BCUT2D eigenvalue weighted by Crippen LogP contribution is 2.40. The van der Waals surface area contributed by atoms with Crippen molar-refractivity contribution in [2.75, 3.05) is 0 Å². The number of hydrogen-bond acceptors (Lipinski definition) is 2. The molecule has 2 atom stereocenters. The van der Waals surface area contributed by atoms with E-state index < -0.39 is 5.92 Å². The van der Waals surface area contributed by atoms with Crippen molar-refractivity contribution in [3.8, 4) is 12.3 Å². The first-order chi connectivity index (χ1) is 6.59. The normalized spacial score (nSPS) is 31.9. The van der Waals surface area contributed by atoms with Gasteiger partial charge >= 0.3 is 0 Å². The summed E-state index contributed by atoms with van der Waals surface area (Å²) in [5, 5.41) is 0. The van der Waals surface area contributed by atoms with E-state index in [9.17, 15) is 9.59 Å². The lowest BCUT2D eigenvalue weighted by molar-refractivity contribution is -0.125. The minimum atomic E-state index is -0.547. The molecule has 0 saturated carbocycles. The number of terminal acetylenes is 1. The van der Waals surface area contributed by atoms with Gasteiger partial charge in [0.15, 0.2) is 5.78 Å². The maximum atomic E-state index is 11.4. The largest absolute Gasteiger partial charge is 0.303 e. The fraction of sp³-hybridized carbons (Fsp3) is 0.500. The minimum Gasteiger partial charge on any atom is -0.303 e. The molecule has 0 fully saturated rings. The molecule has 0 aromatic heterocycles. The third kappa shape index (κ3) is 1.50. The maximum absolute atomic E-state index is 11.4. The van der Waals surface area contributed by atoms with Gasteiger partial charge in [-0.05, 0) is 25.8 Å². The molecule has 1 aliphatic carbocycles. The van der Waals surface area contributed by atoms with Gasteiger partial charge in [-0.3, -0.25) is 4.79 Å². The number of hydrogen-bond donors (Lipinski definition) is 0. The van der Waals surface area contributed by atoms with Crippen LogP contribution in [0.5, 0.6) is 0 Å². The number of carbonyl (C=O) groups excluding carboxylic acids is 2. The molecule has 0 bridgehead atoms. The second-order valence-corrected chi connectivity index (χ2v) is 3.76. The monoisotopic (exact) mass is 190 g/mol. The maximum Gasteiger partial charge on any atom is 0.165 e. The van der Waals surface area contributed by atoms with Crippen LogP contribution in [-0.4, -0.2) is 12.1 Å². The highest BCUT2D eigenvalue weighted by molar-refractivity contribution is 6.02. The summed E-state index contributed by atoms with van der Waals surface area (Å²) in [6.45, 7) is 3.84. The third-order valence-corrected chi connectivity index (χ3v) is 3.09. The zero-order chi connectivity index (χ0) is 10.8. The molecule has 2 heteroatoms. The molecule has 0 aliphatic heterocycles. The van der Waals surface area contributed by atoms with E-state index in [0.717, 1.165) is 12.0 Å². The van der Waals surface area contributed by atoms with Crippen molar-refractivity contribution in [1.29, 1.82) is 0 Å². The van der Waals surface area contributed by atoms with Crippen LogP contribution in [0.4, 0.5) is 0 Å². The molecule has 2 unspecified atom stereocenters. The lowest BCUT2D eigenvalue weighted by Gasteiger charge is -2.33. The number of carbonyl (C=O) groups is 2. The second kappa shape index (κ2) is 3.79. The van der Waals surface area contributed by atoms with Gasteiger partial charge in [-0.2, -0.15) is 0 Å². The fourth-order valence-electron chi connectivity index (χ4n) is 1.91. The van der Waals surface area contributed by atoms with Crippen molar-refractivity contribution >= 4 is 12.1 Å². The summed E-state index contributed by atoms with van der Waals surface area (Å²) in [7, 11) is 0. The Hall–Kier alpha value is -1.36. The van der Waals surface area contributed by atoms with E-state index in [1.54, 1.807) is 0 Å². The predicted octanol–water partition coefficient (Wildman–Crippen LogP) is 1.75. The highest BCUT2D eigenvalue weighted by Gasteiger charge is 2.37. The van der Waals surface area contributed by atoms with Crippen LogP contribution >= 0.6 is 0 Å². The van der Waals surface area contributed by atoms with Gasteiger partial charge < -0.3 is 4.79 Å². The fourth-order valence-corrected chi connectivity index (χ4v) is 1.91. The highest BCUT2D eigenvalue weighted by atomic mass is 16.1. The van der Waals surface area contributed by atoms with Gasteiger partial charge in [-0.1, -0.05) is 18.4 Å². The lowest BCUT2D eigenvalue weighted by atomic mass is 9.68. The van der Waals surface area contributed by atoms with Gasteiger partial charge in [-0.25, -0.2) is 0 Å². The SMILES string of the molecule is C#CC1(CC)CC(C=O)C(=O)C=C1C. The molecule has 0 aromatic carbocycles. The summed E-state index contributed by atoms with van der Waals surface area (Å²) in [6.07, 6.45) is 8.93. The molecule has 0 saturated heterocycles. The van der Waals surface area contributed by atoms with Crippen molar-refractivity contribution in [2.24, 2.45) is 11.3 Å². The van der Waals surface area contributed by atoms with Crippen LogP contribution in [0, 0.1) is 23.7 Å². The van der Waals surface area contributed by atoms with Crippen LogP contribution in [-0.2, 0) is 9.59 Å². The minimum absolute atomic E-state index is 0.114. The first-order valence-electron chi connectivity index (χ1n) is 4.75. The summed E-state index contributed by atoms with van der Waals surface area (Å²) in [5.41, 5.74) is 0.519. The van der Waals surface area contributed by atoms with Gasteiger partial charge in [0.05, 0.1) is 11.3 Å². The summed E-state index contributed by atoms with van der Waals surface area (Å²) >= 11 is 0. The Morgan fingerprint density at radius 2 is 2.43 bits per heavy atom. The van der Waals surface area contributed by atoms with Crippen molar-refractivity contribution in [2.45, 2.75) is 26.7 Å². The molecule has 1 rings (SSSR count). The smallest absolute Gasteiger partial charge is 0.165 e. The van der Waals surface area contributed by atoms with Crippen LogP contribution < -0.4 is 0 Å². The van der Waals surface area contributed by atoms with Gasteiger partial charge in [0.1, 0.15) is 6.29 Å². The second-order valence-electron chi connectivity index (χ2n) is 3.76. The Balaban J connectivity index is 3.13. The van der Waals surface area contributed by atoms with Crippen LogP contribution in [0.1, 0.15) is 26.7 Å². The summed E-state index contributed by atoms with van der Waals surface area (Å²) in [4.78, 5) is 22.1. The molecular formula is C12H14O2. The van der Waals surface area contributed by atoms with E-state index in [2.05, 4.69) is 5.92 Å². The van der Waals surface area contributed by atoms with E-state index >= 15 is 0 Å². The van der Waals surface area contributed by atoms with E-state index in [1.807, 2.05) is 13.8 Å². The summed E-state index contributed by atoms with van der Waals surface area (Å²) < 4.78 is 0. The Bertz CT molecular complexity index is 333. The molecule has 2 nitrogen and oxygen atoms in total.